The lowest BCUT2D eigenvalue weighted by Gasteiger charge is -2.31. The van der Waals surface area contributed by atoms with Crippen LogP contribution in [0.3, 0.4) is 0 Å². The highest BCUT2D eigenvalue weighted by Gasteiger charge is 2.31. The van der Waals surface area contributed by atoms with Gasteiger partial charge in [-0.15, -0.1) is 0 Å². The van der Waals surface area contributed by atoms with E-state index in [-0.39, 0.29) is 17.3 Å². The van der Waals surface area contributed by atoms with Gasteiger partial charge in [-0.25, -0.2) is 13.2 Å². The Morgan fingerprint density at radius 2 is 1.79 bits per heavy atom. The highest BCUT2D eigenvalue weighted by molar-refractivity contribution is 7.89. The fourth-order valence-corrected chi connectivity index (χ4v) is 4.51. The molecular formula is C19H31N4O5S+. The summed E-state index contributed by atoms with van der Waals surface area (Å²) in [6.45, 7) is 6.72. The van der Waals surface area contributed by atoms with Crippen LogP contribution in [-0.2, 0) is 14.8 Å². The molecule has 0 spiro atoms. The number of amides is 3. The number of rotatable bonds is 9. The first-order chi connectivity index (χ1) is 13.9. The third kappa shape index (κ3) is 6.98. The number of carbonyl (C=O) groups excluding carboxylic acids is 2. The Bertz CT molecular complexity index is 774. The van der Waals surface area contributed by atoms with E-state index in [2.05, 4.69) is 10.6 Å². The Labute approximate surface area is 172 Å². The average molecular weight is 428 g/mol. The molecule has 0 bridgehead atoms. The first-order valence-corrected chi connectivity index (χ1v) is 11.4. The van der Waals surface area contributed by atoms with E-state index in [1.54, 1.807) is 24.3 Å². The highest BCUT2D eigenvalue weighted by atomic mass is 32.2. The van der Waals surface area contributed by atoms with Gasteiger partial charge < -0.3 is 15.0 Å². The summed E-state index contributed by atoms with van der Waals surface area (Å²) in [7, 11) is -3.58. The van der Waals surface area contributed by atoms with Gasteiger partial charge in [-0.1, -0.05) is 13.3 Å². The molecule has 3 N–H and O–H groups in total. The molecule has 1 aromatic carbocycles. The van der Waals surface area contributed by atoms with Gasteiger partial charge in [0, 0.05) is 6.54 Å². The Hall–Kier alpha value is -2.17. The lowest BCUT2D eigenvalue weighted by atomic mass is 10.3. The van der Waals surface area contributed by atoms with Gasteiger partial charge in [0.05, 0.1) is 37.7 Å². The van der Waals surface area contributed by atoms with Crippen molar-refractivity contribution in [3.63, 3.8) is 0 Å². The average Bonchev–Trinajstić information content (AvgIpc) is 2.69. The quantitative estimate of drug-likeness (QED) is 0.465. The fraction of sp³-hybridized carbons (Fsp3) is 0.579. The van der Waals surface area contributed by atoms with Crippen LogP contribution in [0.2, 0.25) is 0 Å². The molecule has 1 aromatic rings. The van der Waals surface area contributed by atoms with E-state index in [4.69, 9.17) is 4.74 Å². The minimum absolute atomic E-state index is 0.137. The van der Waals surface area contributed by atoms with Crippen LogP contribution in [0.25, 0.3) is 0 Å². The fourth-order valence-electron chi connectivity index (χ4n) is 3.06. The molecule has 1 saturated heterocycles. The molecule has 9 nitrogen and oxygen atoms in total. The molecule has 162 valence electrons. The smallest absolute Gasteiger partial charge is 0.321 e. The summed E-state index contributed by atoms with van der Waals surface area (Å²) < 4.78 is 32.4. The summed E-state index contributed by atoms with van der Waals surface area (Å²) in [5.41, 5.74) is 0. The van der Waals surface area contributed by atoms with Crippen LogP contribution < -0.4 is 20.3 Å². The summed E-state index contributed by atoms with van der Waals surface area (Å²) in [5, 5.41) is 4.95. The molecule has 0 unspecified atom stereocenters. The van der Waals surface area contributed by atoms with Gasteiger partial charge in [-0.05, 0) is 37.6 Å². The van der Waals surface area contributed by atoms with Gasteiger partial charge in [0.25, 0.3) is 5.91 Å². The Morgan fingerprint density at radius 3 is 2.38 bits per heavy atom. The summed E-state index contributed by atoms with van der Waals surface area (Å²) in [5.74, 6) is 0.266. The molecule has 10 heteroatoms. The van der Waals surface area contributed by atoms with Crippen molar-refractivity contribution in [1.82, 2.24) is 14.9 Å². The maximum Gasteiger partial charge on any atom is 0.321 e. The molecule has 1 aliphatic rings. The number of nitrogens with one attached hydrogen (secondary N) is 3. The summed E-state index contributed by atoms with van der Waals surface area (Å²) in [6.07, 6.45) is 1.82. The van der Waals surface area contributed by atoms with Crippen molar-refractivity contribution in [1.29, 1.82) is 0 Å². The molecular weight excluding hydrogens is 396 g/mol. The van der Waals surface area contributed by atoms with Gasteiger partial charge in [0.15, 0.2) is 6.54 Å². The second-order valence-corrected chi connectivity index (χ2v) is 8.83. The summed E-state index contributed by atoms with van der Waals surface area (Å²) in [6, 6.07) is 5.90. The van der Waals surface area contributed by atoms with Crippen molar-refractivity contribution >= 4 is 22.0 Å². The monoisotopic (exact) mass is 427 g/mol. The standard InChI is InChI=1S/C19H30N4O5S/c1-3-5-10-20-19(25)21-18(24)15-22-11-13-23(14-12-22)29(26,27)17-8-6-16(7-9-17)28-4-2/h6-9H,3-5,10-15H2,1-2H3,(H2,20,21,24,25)/p+1. The van der Waals surface area contributed by atoms with E-state index < -0.39 is 16.1 Å². The first kappa shape index (κ1) is 23.1. The van der Waals surface area contributed by atoms with E-state index in [1.165, 1.54) is 4.31 Å². The van der Waals surface area contributed by atoms with Crippen molar-refractivity contribution in [2.45, 2.75) is 31.6 Å². The van der Waals surface area contributed by atoms with E-state index >= 15 is 0 Å². The lowest BCUT2D eigenvalue weighted by Crippen LogP contribution is -3.15. The Balaban J connectivity index is 1.81. The molecule has 0 aromatic heterocycles. The zero-order valence-corrected chi connectivity index (χ0v) is 17.9. The number of benzene rings is 1. The topological polar surface area (TPSA) is 109 Å². The van der Waals surface area contributed by atoms with Gasteiger partial charge in [-0.3, -0.25) is 10.1 Å². The molecule has 0 atom stereocenters. The lowest BCUT2D eigenvalue weighted by molar-refractivity contribution is -0.895. The second-order valence-electron chi connectivity index (χ2n) is 6.89. The van der Waals surface area contributed by atoms with Crippen molar-refractivity contribution in [2.24, 2.45) is 0 Å². The third-order valence-corrected chi connectivity index (χ3v) is 6.59. The van der Waals surface area contributed by atoms with E-state index in [9.17, 15) is 18.0 Å². The first-order valence-electron chi connectivity index (χ1n) is 10.0. The van der Waals surface area contributed by atoms with Crippen LogP contribution in [0.15, 0.2) is 29.2 Å². The van der Waals surface area contributed by atoms with Crippen LogP contribution in [0.4, 0.5) is 4.79 Å². The maximum atomic E-state index is 12.8. The third-order valence-electron chi connectivity index (χ3n) is 4.68. The van der Waals surface area contributed by atoms with Gasteiger partial charge in [-0.2, -0.15) is 4.31 Å². The number of quaternary nitrogens is 1. The molecule has 29 heavy (non-hydrogen) atoms. The van der Waals surface area contributed by atoms with Gasteiger partial charge >= 0.3 is 6.03 Å². The minimum atomic E-state index is -3.58. The van der Waals surface area contributed by atoms with Gasteiger partial charge in [0.1, 0.15) is 5.75 Å². The molecule has 1 fully saturated rings. The highest BCUT2D eigenvalue weighted by Crippen LogP contribution is 2.19. The minimum Gasteiger partial charge on any atom is -0.494 e. The van der Waals surface area contributed by atoms with E-state index in [0.29, 0.717) is 45.1 Å². The number of imide groups is 1. The van der Waals surface area contributed by atoms with Crippen LogP contribution in [0.5, 0.6) is 5.75 Å². The molecule has 0 aliphatic carbocycles. The van der Waals surface area contributed by atoms with E-state index in [1.807, 2.05) is 13.8 Å². The van der Waals surface area contributed by atoms with Crippen LogP contribution in [0.1, 0.15) is 26.7 Å². The van der Waals surface area contributed by atoms with Crippen molar-refractivity contribution in [3.05, 3.63) is 24.3 Å². The normalized spacial score (nSPS) is 15.7. The number of piperazine rings is 1. The van der Waals surface area contributed by atoms with Crippen molar-refractivity contribution in [2.75, 3.05) is 45.9 Å². The number of hydrogen-bond donors (Lipinski definition) is 3. The van der Waals surface area contributed by atoms with Gasteiger partial charge in [0.2, 0.25) is 10.0 Å². The van der Waals surface area contributed by atoms with Crippen LogP contribution in [0, 0.1) is 0 Å². The second kappa shape index (κ2) is 11.1. The summed E-state index contributed by atoms with van der Waals surface area (Å²) in [4.78, 5) is 24.8. The number of carbonyl (C=O) groups is 2. The number of nitrogens with zero attached hydrogens (tertiary/aromatic N) is 1. The maximum absolute atomic E-state index is 12.8. The number of urea groups is 1. The van der Waals surface area contributed by atoms with Crippen molar-refractivity contribution in [3.8, 4) is 5.75 Å². The largest absolute Gasteiger partial charge is 0.494 e. The zero-order chi connectivity index (χ0) is 21.3. The number of hydrogen-bond acceptors (Lipinski definition) is 5. The van der Waals surface area contributed by atoms with Crippen LogP contribution >= 0.6 is 0 Å². The predicted molar refractivity (Wildman–Crippen MR) is 108 cm³/mol. The molecule has 1 aliphatic heterocycles. The van der Waals surface area contributed by atoms with E-state index in [0.717, 1.165) is 17.7 Å². The Kier molecular flexibility index (Phi) is 8.87. The molecule has 0 saturated carbocycles. The predicted octanol–water partition coefficient (Wildman–Crippen LogP) is -0.400. The van der Waals surface area contributed by atoms with Crippen molar-refractivity contribution < 1.29 is 27.6 Å². The molecule has 0 radical (unpaired) electrons. The Morgan fingerprint density at radius 1 is 1.14 bits per heavy atom. The molecule has 3 amide bonds. The SMILES string of the molecule is CCCCNC(=O)NC(=O)C[NH+]1CCN(S(=O)(=O)c2ccc(OCC)cc2)CC1. The van der Waals surface area contributed by atoms with Crippen LogP contribution in [-0.4, -0.2) is 70.5 Å². The number of unbranched alkanes of at least 4 members (excludes halogenated alkanes) is 1. The molecule has 1 heterocycles. The zero-order valence-electron chi connectivity index (χ0n) is 17.1. The number of sulfonamides is 1. The number of ether oxygens (including phenoxy) is 1. The molecule has 2 rings (SSSR count). The summed E-state index contributed by atoms with van der Waals surface area (Å²) >= 11 is 0.